The lowest BCUT2D eigenvalue weighted by molar-refractivity contribution is 0.608. The Morgan fingerprint density at radius 3 is 2.62 bits per heavy atom. The third kappa shape index (κ3) is 2.71. The summed E-state index contributed by atoms with van der Waals surface area (Å²) in [4.78, 5) is 8.98. The summed E-state index contributed by atoms with van der Waals surface area (Å²) in [6, 6.07) is 2.03. The normalized spacial score (nSPS) is 17.6. The van der Waals surface area contributed by atoms with Gasteiger partial charge in [-0.1, -0.05) is 20.8 Å². The molecule has 0 saturated heterocycles. The molecule has 3 nitrogen and oxygen atoms in total. The Morgan fingerprint density at radius 1 is 1.38 bits per heavy atom. The summed E-state index contributed by atoms with van der Waals surface area (Å²) in [5.74, 6) is 2.30. The molecule has 1 heterocycles. The molecular weight excluding hydrogens is 198 g/mol. The van der Waals surface area contributed by atoms with E-state index in [4.69, 9.17) is 0 Å². The fourth-order valence-corrected chi connectivity index (χ4v) is 1.63. The number of aromatic nitrogens is 2. The Kier molecular flexibility index (Phi) is 2.87. The summed E-state index contributed by atoms with van der Waals surface area (Å²) in [5, 5.41) is 3.43. The number of nitrogens with zero attached hydrogens (tertiary/aromatic N) is 2. The number of hydrogen-bond acceptors (Lipinski definition) is 3. The minimum absolute atomic E-state index is 0.386. The van der Waals surface area contributed by atoms with Gasteiger partial charge in [0.05, 0.1) is 0 Å². The van der Waals surface area contributed by atoms with Crippen LogP contribution in [0, 0.1) is 12.3 Å². The van der Waals surface area contributed by atoms with E-state index in [2.05, 4.69) is 36.1 Å². The summed E-state index contributed by atoms with van der Waals surface area (Å²) >= 11 is 0. The molecule has 0 unspecified atom stereocenters. The molecule has 1 fully saturated rings. The maximum atomic E-state index is 4.54. The van der Waals surface area contributed by atoms with Crippen LogP contribution in [0.15, 0.2) is 6.07 Å². The van der Waals surface area contributed by atoms with Crippen LogP contribution in [0.3, 0.4) is 0 Å². The van der Waals surface area contributed by atoms with Crippen molar-refractivity contribution in [2.24, 2.45) is 5.41 Å². The largest absolute Gasteiger partial charge is 0.369 e. The first kappa shape index (κ1) is 11.4. The van der Waals surface area contributed by atoms with Gasteiger partial charge in [0.1, 0.15) is 11.6 Å². The van der Waals surface area contributed by atoms with E-state index in [1.807, 2.05) is 13.0 Å². The molecule has 0 spiro atoms. The summed E-state index contributed by atoms with van der Waals surface area (Å²) in [5.41, 5.74) is 1.55. The van der Waals surface area contributed by atoms with Crippen molar-refractivity contribution in [3.05, 3.63) is 17.6 Å². The fraction of sp³-hybridized carbons (Fsp3) is 0.692. The van der Waals surface area contributed by atoms with Gasteiger partial charge in [-0.05, 0) is 25.2 Å². The zero-order valence-electron chi connectivity index (χ0n) is 10.7. The number of anilines is 1. The second kappa shape index (κ2) is 4.04. The molecular formula is C13H21N3. The lowest BCUT2D eigenvalue weighted by atomic mass is 10.1. The molecule has 3 heteroatoms. The van der Waals surface area contributed by atoms with Crippen molar-refractivity contribution >= 4 is 5.82 Å². The van der Waals surface area contributed by atoms with Gasteiger partial charge in [-0.15, -0.1) is 0 Å². The fourth-order valence-electron chi connectivity index (χ4n) is 1.63. The molecule has 1 saturated carbocycles. The molecule has 1 aromatic heterocycles. The van der Waals surface area contributed by atoms with E-state index in [-0.39, 0.29) is 0 Å². The first-order valence-corrected chi connectivity index (χ1v) is 6.08. The third-order valence-electron chi connectivity index (χ3n) is 3.19. The SMILES string of the molecule is Cc1cc(NCC2(C)CC2)nc(C(C)C)n1. The zero-order valence-corrected chi connectivity index (χ0v) is 10.7. The molecule has 16 heavy (non-hydrogen) atoms. The second-order valence-corrected chi connectivity index (χ2v) is 5.57. The Hall–Kier alpha value is -1.12. The van der Waals surface area contributed by atoms with E-state index in [1.165, 1.54) is 12.8 Å². The lowest BCUT2D eigenvalue weighted by Gasteiger charge is -2.13. The standard InChI is InChI=1S/C13H21N3/c1-9(2)12-15-10(3)7-11(16-12)14-8-13(4)5-6-13/h7,9H,5-6,8H2,1-4H3,(H,14,15,16). The number of rotatable bonds is 4. The van der Waals surface area contributed by atoms with E-state index >= 15 is 0 Å². The average molecular weight is 219 g/mol. The molecule has 0 atom stereocenters. The van der Waals surface area contributed by atoms with E-state index in [1.54, 1.807) is 0 Å². The first-order valence-electron chi connectivity index (χ1n) is 6.08. The van der Waals surface area contributed by atoms with Crippen LogP contribution in [-0.4, -0.2) is 16.5 Å². The van der Waals surface area contributed by atoms with Crippen molar-refractivity contribution in [1.82, 2.24) is 9.97 Å². The Bertz CT molecular complexity index is 381. The van der Waals surface area contributed by atoms with Gasteiger partial charge < -0.3 is 5.32 Å². The number of hydrogen-bond donors (Lipinski definition) is 1. The van der Waals surface area contributed by atoms with Crippen LogP contribution in [0.25, 0.3) is 0 Å². The van der Waals surface area contributed by atoms with Crippen molar-refractivity contribution in [3.63, 3.8) is 0 Å². The molecule has 0 amide bonds. The maximum Gasteiger partial charge on any atom is 0.133 e. The summed E-state index contributed by atoms with van der Waals surface area (Å²) < 4.78 is 0. The summed E-state index contributed by atoms with van der Waals surface area (Å²) in [7, 11) is 0. The average Bonchev–Trinajstić information content (AvgIpc) is 2.94. The minimum Gasteiger partial charge on any atom is -0.369 e. The monoisotopic (exact) mass is 219 g/mol. The van der Waals surface area contributed by atoms with Gasteiger partial charge in [0.15, 0.2) is 0 Å². The van der Waals surface area contributed by atoms with Crippen molar-refractivity contribution in [2.45, 2.75) is 46.5 Å². The van der Waals surface area contributed by atoms with Crippen LogP contribution >= 0.6 is 0 Å². The molecule has 1 N–H and O–H groups in total. The minimum atomic E-state index is 0.386. The third-order valence-corrected chi connectivity index (χ3v) is 3.19. The topological polar surface area (TPSA) is 37.8 Å². The first-order chi connectivity index (χ1) is 7.48. The Labute approximate surface area is 97.7 Å². The highest BCUT2D eigenvalue weighted by Crippen LogP contribution is 2.44. The molecule has 2 rings (SSSR count). The molecule has 0 bridgehead atoms. The smallest absolute Gasteiger partial charge is 0.133 e. The maximum absolute atomic E-state index is 4.54. The van der Waals surface area contributed by atoms with E-state index in [9.17, 15) is 0 Å². The number of nitrogens with one attached hydrogen (secondary N) is 1. The molecule has 1 aliphatic carbocycles. The zero-order chi connectivity index (χ0) is 11.8. The van der Waals surface area contributed by atoms with Crippen molar-refractivity contribution in [1.29, 1.82) is 0 Å². The van der Waals surface area contributed by atoms with Gasteiger partial charge >= 0.3 is 0 Å². The van der Waals surface area contributed by atoms with E-state index < -0.39 is 0 Å². The Balaban J connectivity index is 2.07. The highest BCUT2D eigenvalue weighted by Gasteiger charge is 2.36. The molecule has 1 aromatic rings. The van der Waals surface area contributed by atoms with Gasteiger partial charge in [0, 0.05) is 24.2 Å². The van der Waals surface area contributed by atoms with Gasteiger partial charge in [0.25, 0.3) is 0 Å². The summed E-state index contributed by atoms with van der Waals surface area (Å²) in [6.07, 6.45) is 2.67. The second-order valence-electron chi connectivity index (χ2n) is 5.57. The highest BCUT2D eigenvalue weighted by atomic mass is 15.0. The highest BCUT2D eigenvalue weighted by molar-refractivity contribution is 5.36. The van der Waals surface area contributed by atoms with Crippen molar-refractivity contribution in [2.75, 3.05) is 11.9 Å². The molecule has 0 radical (unpaired) electrons. The van der Waals surface area contributed by atoms with Crippen LogP contribution in [-0.2, 0) is 0 Å². The molecule has 0 aliphatic heterocycles. The predicted molar refractivity (Wildman–Crippen MR) is 66.7 cm³/mol. The number of aryl methyl sites for hydroxylation is 1. The van der Waals surface area contributed by atoms with Crippen LogP contribution in [0.5, 0.6) is 0 Å². The van der Waals surface area contributed by atoms with E-state index in [0.717, 1.165) is 23.9 Å². The van der Waals surface area contributed by atoms with Crippen molar-refractivity contribution in [3.8, 4) is 0 Å². The predicted octanol–water partition coefficient (Wildman–Crippen LogP) is 3.12. The van der Waals surface area contributed by atoms with E-state index in [0.29, 0.717) is 11.3 Å². The van der Waals surface area contributed by atoms with Gasteiger partial charge in [-0.25, -0.2) is 9.97 Å². The molecule has 1 aliphatic rings. The van der Waals surface area contributed by atoms with Crippen molar-refractivity contribution < 1.29 is 0 Å². The van der Waals surface area contributed by atoms with Gasteiger partial charge in [-0.3, -0.25) is 0 Å². The molecule has 0 aromatic carbocycles. The van der Waals surface area contributed by atoms with Crippen LogP contribution in [0.1, 0.15) is 51.0 Å². The van der Waals surface area contributed by atoms with Crippen LogP contribution in [0.2, 0.25) is 0 Å². The van der Waals surface area contributed by atoms with Crippen LogP contribution in [0.4, 0.5) is 5.82 Å². The summed E-state index contributed by atoms with van der Waals surface area (Å²) in [6.45, 7) is 9.62. The van der Waals surface area contributed by atoms with Gasteiger partial charge in [0.2, 0.25) is 0 Å². The van der Waals surface area contributed by atoms with Gasteiger partial charge in [-0.2, -0.15) is 0 Å². The Morgan fingerprint density at radius 2 is 2.06 bits per heavy atom. The quantitative estimate of drug-likeness (QED) is 0.845. The molecule has 88 valence electrons. The lowest BCUT2D eigenvalue weighted by Crippen LogP contribution is -2.14. The van der Waals surface area contributed by atoms with Crippen LogP contribution < -0.4 is 5.32 Å².